The molecule has 2 aromatic rings. The van der Waals surface area contributed by atoms with Crippen LogP contribution in [0.5, 0.6) is 5.75 Å². The van der Waals surface area contributed by atoms with Gasteiger partial charge in [0, 0.05) is 18.8 Å². The standard InChI is InChI=1S/C18H23N3O4S.ClH/c1-14-4-2-6-16(12-14)25-11-8-18(22)21-15-5-3-7-17(13-15)26(23,24)20-10-9-19;/h2-7,12-13,20H,8-11,19H2,1H3,(H,21,22);1H. The summed E-state index contributed by atoms with van der Waals surface area (Å²) in [5.74, 6) is 0.444. The van der Waals surface area contributed by atoms with Gasteiger partial charge in [-0.1, -0.05) is 18.2 Å². The molecular formula is C18H24ClN3O4S. The van der Waals surface area contributed by atoms with Crippen LogP contribution in [0.3, 0.4) is 0 Å². The number of amides is 1. The maximum atomic E-state index is 12.1. The van der Waals surface area contributed by atoms with Gasteiger partial charge < -0.3 is 15.8 Å². The van der Waals surface area contributed by atoms with E-state index in [1.54, 1.807) is 12.1 Å². The van der Waals surface area contributed by atoms with Crippen LogP contribution in [0.4, 0.5) is 5.69 Å². The molecule has 0 saturated carbocycles. The Bertz CT molecular complexity index is 859. The van der Waals surface area contributed by atoms with Crippen molar-refractivity contribution in [2.75, 3.05) is 25.0 Å². The quantitative estimate of drug-likeness (QED) is 0.582. The average Bonchev–Trinajstić information content (AvgIpc) is 2.60. The average molecular weight is 414 g/mol. The van der Waals surface area contributed by atoms with Gasteiger partial charge in [0.25, 0.3) is 0 Å². The second-order valence-electron chi connectivity index (χ2n) is 5.68. The van der Waals surface area contributed by atoms with Gasteiger partial charge >= 0.3 is 0 Å². The van der Waals surface area contributed by atoms with Crippen LogP contribution in [0, 0.1) is 6.92 Å². The minimum Gasteiger partial charge on any atom is -0.493 e. The first kappa shape index (κ1) is 22.9. The molecule has 0 aliphatic rings. The summed E-state index contributed by atoms with van der Waals surface area (Å²) in [4.78, 5) is 12.1. The zero-order chi connectivity index (χ0) is 19.0. The zero-order valence-corrected chi connectivity index (χ0v) is 16.6. The first-order chi connectivity index (χ1) is 12.4. The van der Waals surface area contributed by atoms with Crippen LogP contribution in [-0.2, 0) is 14.8 Å². The Morgan fingerprint density at radius 3 is 2.59 bits per heavy atom. The van der Waals surface area contributed by atoms with E-state index in [2.05, 4.69) is 10.0 Å². The smallest absolute Gasteiger partial charge is 0.240 e. The van der Waals surface area contributed by atoms with Gasteiger partial charge in [-0.25, -0.2) is 13.1 Å². The molecular weight excluding hydrogens is 390 g/mol. The largest absolute Gasteiger partial charge is 0.493 e. The summed E-state index contributed by atoms with van der Waals surface area (Å²) in [5.41, 5.74) is 6.79. The van der Waals surface area contributed by atoms with E-state index < -0.39 is 10.0 Å². The Morgan fingerprint density at radius 1 is 1.15 bits per heavy atom. The highest BCUT2D eigenvalue weighted by Gasteiger charge is 2.14. The lowest BCUT2D eigenvalue weighted by molar-refractivity contribution is -0.116. The summed E-state index contributed by atoms with van der Waals surface area (Å²) in [6.07, 6.45) is 0.149. The van der Waals surface area contributed by atoms with Crippen LogP contribution >= 0.6 is 12.4 Å². The number of hydrogen-bond donors (Lipinski definition) is 3. The van der Waals surface area contributed by atoms with E-state index >= 15 is 0 Å². The molecule has 4 N–H and O–H groups in total. The zero-order valence-electron chi connectivity index (χ0n) is 15.0. The van der Waals surface area contributed by atoms with E-state index in [-0.39, 0.29) is 49.3 Å². The van der Waals surface area contributed by atoms with Gasteiger partial charge in [0.2, 0.25) is 15.9 Å². The molecule has 0 aliphatic heterocycles. The molecule has 0 aliphatic carbocycles. The molecule has 0 spiro atoms. The predicted molar refractivity (Wildman–Crippen MR) is 108 cm³/mol. The Hall–Kier alpha value is -2.13. The normalized spacial score (nSPS) is 10.7. The Kier molecular flexibility index (Phi) is 9.23. The van der Waals surface area contributed by atoms with Crippen molar-refractivity contribution in [3.8, 4) is 5.75 Å². The molecule has 0 unspecified atom stereocenters. The molecule has 1 amide bonds. The minimum absolute atomic E-state index is 0. The number of carbonyl (C=O) groups is 1. The topological polar surface area (TPSA) is 111 Å². The van der Waals surface area contributed by atoms with Crippen LogP contribution in [0.25, 0.3) is 0 Å². The molecule has 148 valence electrons. The Morgan fingerprint density at radius 2 is 1.89 bits per heavy atom. The number of sulfonamides is 1. The lowest BCUT2D eigenvalue weighted by Gasteiger charge is -2.10. The Balaban J connectivity index is 0.00000364. The summed E-state index contributed by atoms with van der Waals surface area (Å²) in [5, 5.41) is 2.67. The predicted octanol–water partition coefficient (Wildman–Crippen LogP) is 2.06. The number of benzene rings is 2. The Labute approximate surface area is 165 Å². The van der Waals surface area contributed by atoms with E-state index in [0.29, 0.717) is 11.4 Å². The highest BCUT2D eigenvalue weighted by molar-refractivity contribution is 7.89. The molecule has 0 radical (unpaired) electrons. The number of nitrogens with one attached hydrogen (secondary N) is 2. The maximum absolute atomic E-state index is 12.1. The molecule has 0 aromatic heterocycles. The van der Waals surface area contributed by atoms with Gasteiger partial charge in [-0.05, 0) is 42.8 Å². The lowest BCUT2D eigenvalue weighted by Crippen LogP contribution is -2.29. The van der Waals surface area contributed by atoms with E-state index in [1.807, 2.05) is 31.2 Å². The van der Waals surface area contributed by atoms with Gasteiger partial charge in [0.05, 0.1) is 17.9 Å². The first-order valence-corrected chi connectivity index (χ1v) is 9.68. The molecule has 0 fully saturated rings. The number of anilines is 1. The number of aryl methyl sites for hydroxylation is 1. The van der Waals surface area contributed by atoms with Crippen LogP contribution in [-0.4, -0.2) is 34.0 Å². The van der Waals surface area contributed by atoms with Crippen LogP contribution < -0.4 is 20.5 Å². The minimum atomic E-state index is -3.64. The fourth-order valence-electron chi connectivity index (χ4n) is 2.21. The van der Waals surface area contributed by atoms with E-state index in [9.17, 15) is 13.2 Å². The summed E-state index contributed by atoms with van der Waals surface area (Å²) in [6.45, 7) is 2.54. The van der Waals surface area contributed by atoms with Crippen LogP contribution in [0.2, 0.25) is 0 Å². The fraction of sp³-hybridized carbons (Fsp3) is 0.278. The number of hydrogen-bond acceptors (Lipinski definition) is 5. The fourth-order valence-corrected chi connectivity index (χ4v) is 3.30. The maximum Gasteiger partial charge on any atom is 0.240 e. The van der Waals surface area contributed by atoms with Crippen molar-refractivity contribution >= 4 is 34.0 Å². The molecule has 0 bridgehead atoms. The lowest BCUT2D eigenvalue weighted by atomic mass is 10.2. The molecule has 27 heavy (non-hydrogen) atoms. The monoisotopic (exact) mass is 413 g/mol. The SMILES string of the molecule is Cc1cccc(OCCC(=O)Nc2cccc(S(=O)(=O)NCCN)c2)c1.Cl. The number of rotatable bonds is 9. The molecule has 2 rings (SSSR count). The summed E-state index contributed by atoms with van der Waals surface area (Å²) < 4.78 is 32.1. The van der Waals surface area contributed by atoms with E-state index in [0.717, 1.165) is 5.56 Å². The molecule has 0 saturated heterocycles. The third-order valence-corrected chi connectivity index (χ3v) is 4.91. The van der Waals surface area contributed by atoms with Crippen molar-refractivity contribution in [1.29, 1.82) is 0 Å². The number of ether oxygens (including phenoxy) is 1. The molecule has 0 heterocycles. The summed E-state index contributed by atoms with van der Waals surface area (Å²) in [6, 6.07) is 13.6. The van der Waals surface area contributed by atoms with E-state index in [4.69, 9.17) is 10.5 Å². The third kappa shape index (κ3) is 7.56. The van der Waals surface area contributed by atoms with Gasteiger partial charge in [-0.3, -0.25) is 4.79 Å². The van der Waals surface area contributed by atoms with Crippen molar-refractivity contribution < 1.29 is 17.9 Å². The number of halogens is 1. The highest BCUT2D eigenvalue weighted by Crippen LogP contribution is 2.16. The summed E-state index contributed by atoms with van der Waals surface area (Å²) in [7, 11) is -3.64. The first-order valence-electron chi connectivity index (χ1n) is 8.20. The molecule has 9 heteroatoms. The van der Waals surface area contributed by atoms with Gasteiger partial charge in [-0.2, -0.15) is 0 Å². The second-order valence-corrected chi connectivity index (χ2v) is 7.44. The van der Waals surface area contributed by atoms with Crippen molar-refractivity contribution in [2.45, 2.75) is 18.2 Å². The van der Waals surface area contributed by atoms with Crippen LogP contribution in [0.1, 0.15) is 12.0 Å². The third-order valence-electron chi connectivity index (χ3n) is 3.45. The molecule has 0 atom stereocenters. The van der Waals surface area contributed by atoms with Gasteiger partial charge in [0.1, 0.15) is 5.75 Å². The van der Waals surface area contributed by atoms with Gasteiger partial charge in [0.15, 0.2) is 0 Å². The van der Waals surface area contributed by atoms with Crippen molar-refractivity contribution in [3.63, 3.8) is 0 Å². The summed E-state index contributed by atoms with van der Waals surface area (Å²) >= 11 is 0. The number of nitrogens with two attached hydrogens (primary N) is 1. The van der Waals surface area contributed by atoms with Gasteiger partial charge in [-0.15, -0.1) is 12.4 Å². The van der Waals surface area contributed by atoms with Crippen molar-refractivity contribution in [1.82, 2.24) is 4.72 Å². The molecule has 7 nitrogen and oxygen atoms in total. The van der Waals surface area contributed by atoms with Crippen molar-refractivity contribution in [3.05, 3.63) is 54.1 Å². The number of carbonyl (C=O) groups excluding carboxylic acids is 1. The second kappa shape index (κ2) is 10.9. The van der Waals surface area contributed by atoms with Crippen LogP contribution in [0.15, 0.2) is 53.4 Å². The highest BCUT2D eigenvalue weighted by atomic mass is 35.5. The van der Waals surface area contributed by atoms with E-state index in [1.165, 1.54) is 12.1 Å². The van der Waals surface area contributed by atoms with Crippen molar-refractivity contribution in [2.24, 2.45) is 5.73 Å². The molecule has 2 aromatic carbocycles.